The molecule has 38 heavy (non-hydrogen) atoms. The fourth-order valence-electron chi connectivity index (χ4n) is 5.34. The lowest BCUT2D eigenvalue weighted by molar-refractivity contribution is -0.130. The van der Waals surface area contributed by atoms with E-state index in [0.29, 0.717) is 43.1 Å². The molecule has 2 aromatic heterocycles. The summed E-state index contributed by atoms with van der Waals surface area (Å²) >= 11 is 9.97. The van der Waals surface area contributed by atoms with Gasteiger partial charge >= 0.3 is 0 Å². The molecule has 0 N–H and O–H groups in total. The van der Waals surface area contributed by atoms with Crippen LogP contribution in [0.2, 0.25) is 5.15 Å². The third-order valence-corrected chi connectivity index (χ3v) is 8.38. The van der Waals surface area contributed by atoms with E-state index < -0.39 is 0 Å². The minimum atomic E-state index is -0.0861. The van der Waals surface area contributed by atoms with E-state index in [2.05, 4.69) is 39.7 Å². The van der Waals surface area contributed by atoms with Crippen molar-refractivity contribution in [3.63, 3.8) is 0 Å². The third kappa shape index (κ3) is 5.55. The number of ether oxygens (including phenoxy) is 1. The summed E-state index contributed by atoms with van der Waals surface area (Å²) in [4.78, 5) is 35.7. The van der Waals surface area contributed by atoms with Crippen LogP contribution in [0.3, 0.4) is 0 Å². The number of likely N-dealkylation sites (tertiary alicyclic amines) is 1. The van der Waals surface area contributed by atoms with Crippen molar-refractivity contribution in [1.29, 1.82) is 0 Å². The van der Waals surface area contributed by atoms with Crippen molar-refractivity contribution < 1.29 is 14.3 Å². The molecule has 3 aromatic rings. The molecule has 2 aliphatic heterocycles. The van der Waals surface area contributed by atoms with E-state index in [-0.39, 0.29) is 17.9 Å². The highest BCUT2D eigenvalue weighted by Gasteiger charge is 2.28. The number of halogens is 2. The summed E-state index contributed by atoms with van der Waals surface area (Å²) in [6.07, 6.45) is 3.75. The van der Waals surface area contributed by atoms with Crippen LogP contribution in [0.1, 0.15) is 44.1 Å². The molecule has 202 valence electrons. The van der Waals surface area contributed by atoms with Crippen LogP contribution in [-0.4, -0.2) is 87.5 Å². The number of rotatable bonds is 5. The van der Waals surface area contributed by atoms with Crippen LogP contribution in [-0.2, 0) is 4.79 Å². The summed E-state index contributed by atoms with van der Waals surface area (Å²) in [6.45, 7) is 10.1. The van der Waals surface area contributed by atoms with Gasteiger partial charge in [-0.2, -0.15) is 0 Å². The van der Waals surface area contributed by atoms with Crippen LogP contribution in [0, 0.1) is 0 Å². The second kappa shape index (κ2) is 11.2. The first-order chi connectivity index (χ1) is 18.2. The van der Waals surface area contributed by atoms with Crippen LogP contribution < -0.4 is 4.74 Å². The topological polar surface area (TPSA) is 70.9 Å². The summed E-state index contributed by atoms with van der Waals surface area (Å²) in [6, 6.07) is 10.1. The number of pyridine rings is 1. The van der Waals surface area contributed by atoms with Gasteiger partial charge in [-0.1, -0.05) is 11.6 Å². The van der Waals surface area contributed by atoms with Crippen molar-refractivity contribution in [1.82, 2.24) is 24.3 Å². The first-order valence-electron chi connectivity index (χ1n) is 13.1. The standard InChI is InChI=1S/C28H33BrClN5O3/c1-18(2)32-8-5-22(6-9-32)38-26-15-20-14-25(28(37)34-12-10-33(11-13-34)19(3)36)35(24(20)17-23(26)29)21-4-7-31-27(30)16-21/h4,7,14-18,22H,5-6,8-13H2,1-3H3. The first-order valence-corrected chi connectivity index (χ1v) is 14.3. The smallest absolute Gasteiger partial charge is 0.270 e. The van der Waals surface area contributed by atoms with E-state index in [1.54, 1.807) is 24.1 Å². The zero-order valence-corrected chi connectivity index (χ0v) is 24.3. The lowest BCUT2D eigenvalue weighted by Gasteiger charge is -2.34. The Morgan fingerprint density at radius 1 is 1.03 bits per heavy atom. The van der Waals surface area contributed by atoms with Crippen molar-refractivity contribution >= 4 is 50.2 Å². The number of hydrogen-bond acceptors (Lipinski definition) is 5. The number of piperidine rings is 1. The Labute approximate surface area is 236 Å². The van der Waals surface area contributed by atoms with Gasteiger partial charge in [0.05, 0.1) is 15.7 Å². The lowest BCUT2D eigenvalue weighted by Crippen LogP contribution is -2.50. The molecule has 0 unspecified atom stereocenters. The van der Waals surface area contributed by atoms with Gasteiger partial charge in [0, 0.05) is 63.8 Å². The number of carbonyl (C=O) groups excluding carboxylic acids is 2. The average Bonchev–Trinajstić information content (AvgIpc) is 3.27. The second-order valence-electron chi connectivity index (χ2n) is 10.3. The van der Waals surface area contributed by atoms with Crippen molar-refractivity contribution in [2.75, 3.05) is 39.3 Å². The fraction of sp³-hybridized carbons (Fsp3) is 0.464. The normalized spacial score (nSPS) is 17.4. The highest BCUT2D eigenvalue weighted by Crippen LogP contribution is 2.36. The molecule has 10 heteroatoms. The predicted molar refractivity (Wildman–Crippen MR) is 152 cm³/mol. The van der Waals surface area contributed by atoms with Gasteiger partial charge < -0.3 is 24.0 Å². The van der Waals surface area contributed by atoms with Crippen LogP contribution in [0.5, 0.6) is 5.75 Å². The maximum absolute atomic E-state index is 13.8. The Balaban J connectivity index is 1.48. The van der Waals surface area contributed by atoms with Gasteiger partial charge in [-0.25, -0.2) is 4.98 Å². The van der Waals surface area contributed by atoms with Crippen molar-refractivity contribution in [3.05, 3.63) is 51.8 Å². The molecule has 0 spiro atoms. The lowest BCUT2D eigenvalue weighted by atomic mass is 10.1. The molecular formula is C28H33BrClN5O3. The van der Waals surface area contributed by atoms with Crippen LogP contribution in [0.15, 0.2) is 41.0 Å². The molecule has 0 aliphatic carbocycles. The SMILES string of the molecule is CC(=O)N1CCN(C(=O)c2cc3cc(OC4CCN(C(C)C)CC4)c(Br)cc3n2-c2ccnc(Cl)c2)CC1. The molecule has 4 heterocycles. The molecule has 2 aliphatic rings. The summed E-state index contributed by atoms with van der Waals surface area (Å²) in [5.41, 5.74) is 2.16. The number of aromatic nitrogens is 2. The molecule has 2 saturated heterocycles. The molecular weight excluding hydrogens is 570 g/mol. The zero-order chi connectivity index (χ0) is 27.0. The maximum Gasteiger partial charge on any atom is 0.270 e. The maximum atomic E-state index is 13.8. The molecule has 8 nitrogen and oxygen atoms in total. The van der Waals surface area contributed by atoms with Crippen molar-refractivity contribution in [2.45, 2.75) is 45.8 Å². The molecule has 0 atom stereocenters. The molecule has 0 saturated carbocycles. The molecule has 2 amide bonds. The van der Waals surface area contributed by atoms with Gasteiger partial charge in [0.25, 0.3) is 5.91 Å². The highest BCUT2D eigenvalue weighted by atomic mass is 79.9. The summed E-state index contributed by atoms with van der Waals surface area (Å²) < 4.78 is 9.23. The van der Waals surface area contributed by atoms with E-state index >= 15 is 0 Å². The van der Waals surface area contributed by atoms with Crippen molar-refractivity contribution in [3.8, 4) is 11.4 Å². The molecule has 5 rings (SSSR count). The fourth-order valence-corrected chi connectivity index (χ4v) is 5.94. The summed E-state index contributed by atoms with van der Waals surface area (Å²) in [7, 11) is 0. The van der Waals surface area contributed by atoms with Gasteiger partial charge in [0.2, 0.25) is 5.91 Å². The number of piperazine rings is 1. The number of benzene rings is 1. The third-order valence-electron chi connectivity index (χ3n) is 7.56. The second-order valence-corrected chi connectivity index (χ2v) is 11.5. The Kier molecular flexibility index (Phi) is 7.98. The Hall–Kier alpha value is -2.62. The molecule has 0 bridgehead atoms. The van der Waals surface area contributed by atoms with E-state index in [0.717, 1.165) is 52.7 Å². The number of hydrogen-bond donors (Lipinski definition) is 0. The average molecular weight is 603 g/mol. The van der Waals surface area contributed by atoms with Crippen LogP contribution >= 0.6 is 27.5 Å². The molecule has 2 fully saturated rings. The van der Waals surface area contributed by atoms with E-state index in [9.17, 15) is 9.59 Å². The Bertz CT molecular complexity index is 1340. The number of carbonyl (C=O) groups is 2. The van der Waals surface area contributed by atoms with Gasteiger partial charge in [-0.05, 0) is 73.0 Å². The first kappa shape index (κ1) is 27.0. The molecule has 1 aromatic carbocycles. The summed E-state index contributed by atoms with van der Waals surface area (Å²) in [5, 5.41) is 1.26. The highest BCUT2D eigenvalue weighted by molar-refractivity contribution is 9.10. The van der Waals surface area contributed by atoms with Gasteiger partial charge in [0.15, 0.2) is 0 Å². The Morgan fingerprint density at radius 3 is 2.34 bits per heavy atom. The van der Waals surface area contributed by atoms with Crippen LogP contribution in [0.25, 0.3) is 16.6 Å². The van der Waals surface area contributed by atoms with Crippen LogP contribution in [0.4, 0.5) is 0 Å². The predicted octanol–water partition coefficient (Wildman–Crippen LogP) is 5.00. The van der Waals surface area contributed by atoms with Gasteiger partial charge in [-0.3, -0.25) is 9.59 Å². The van der Waals surface area contributed by atoms with E-state index in [1.165, 1.54) is 0 Å². The zero-order valence-electron chi connectivity index (χ0n) is 22.0. The number of nitrogens with zero attached hydrogens (tertiary/aromatic N) is 5. The largest absolute Gasteiger partial charge is 0.489 e. The number of fused-ring (bicyclic) bond motifs is 1. The van der Waals surface area contributed by atoms with E-state index in [1.807, 2.05) is 33.7 Å². The minimum absolute atomic E-state index is 0.0323. The minimum Gasteiger partial charge on any atom is -0.489 e. The van der Waals surface area contributed by atoms with Crippen molar-refractivity contribution in [2.24, 2.45) is 0 Å². The molecule has 0 radical (unpaired) electrons. The number of amides is 2. The quantitative estimate of drug-likeness (QED) is 0.385. The van der Waals surface area contributed by atoms with Gasteiger partial charge in [0.1, 0.15) is 22.7 Å². The Morgan fingerprint density at radius 2 is 1.71 bits per heavy atom. The van der Waals surface area contributed by atoms with E-state index in [4.69, 9.17) is 16.3 Å². The van der Waals surface area contributed by atoms with Gasteiger partial charge in [-0.15, -0.1) is 0 Å². The monoisotopic (exact) mass is 601 g/mol. The summed E-state index contributed by atoms with van der Waals surface area (Å²) in [5.74, 6) is 0.723.